The highest BCUT2D eigenvalue weighted by Crippen LogP contribution is 2.24. The molecule has 1 aliphatic rings. The van der Waals surface area contributed by atoms with Gasteiger partial charge in [-0.15, -0.1) is 0 Å². The number of hydrogen-bond acceptors (Lipinski definition) is 5. The number of benzene rings is 2. The van der Waals surface area contributed by atoms with E-state index in [1.54, 1.807) is 23.1 Å². The van der Waals surface area contributed by atoms with Gasteiger partial charge in [-0.3, -0.25) is 9.59 Å². The Morgan fingerprint density at radius 1 is 1.12 bits per heavy atom. The maximum absolute atomic E-state index is 13.7. The van der Waals surface area contributed by atoms with Crippen LogP contribution in [0.2, 0.25) is 0 Å². The van der Waals surface area contributed by atoms with Crippen molar-refractivity contribution in [2.75, 3.05) is 26.7 Å². The molecule has 174 valence electrons. The van der Waals surface area contributed by atoms with Crippen LogP contribution in [0.1, 0.15) is 53.8 Å². The van der Waals surface area contributed by atoms with Crippen LogP contribution in [0, 0.1) is 5.92 Å². The summed E-state index contributed by atoms with van der Waals surface area (Å²) >= 11 is 0. The number of aromatic nitrogens is 3. The van der Waals surface area contributed by atoms with E-state index in [-0.39, 0.29) is 17.9 Å². The van der Waals surface area contributed by atoms with Crippen LogP contribution < -0.4 is 4.74 Å². The smallest absolute Gasteiger partial charge is 0.257 e. The summed E-state index contributed by atoms with van der Waals surface area (Å²) in [5, 5.41) is 10.8. The van der Waals surface area contributed by atoms with Gasteiger partial charge in [0.2, 0.25) is 0 Å². The Hall–Kier alpha value is -3.42. The third-order valence-electron chi connectivity index (χ3n) is 6.05. The highest BCUT2D eigenvalue weighted by Gasteiger charge is 2.28. The van der Waals surface area contributed by atoms with Crippen molar-refractivity contribution in [2.24, 2.45) is 5.92 Å². The summed E-state index contributed by atoms with van der Waals surface area (Å²) in [6.45, 7) is 5.83. The molecule has 0 saturated heterocycles. The van der Waals surface area contributed by atoms with Gasteiger partial charge in [0.15, 0.2) is 0 Å². The van der Waals surface area contributed by atoms with E-state index < -0.39 is 0 Å². The number of carbonyl (C=O) groups excluding carboxylic acids is 2. The first-order chi connectivity index (χ1) is 15.9. The van der Waals surface area contributed by atoms with Gasteiger partial charge >= 0.3 is 0 Å². The molecule has 0 radical (unpaired) electrons. The molecule has 1 N–H and O–H groups in total. The molecule has 0 aliphatic carbocycles. The van der Waals surface area contributed by atoms with Gasteiger partial charge in [-0.2, -0.15) is 15.4 Å². The molecule has 33 heavy (non-hydrogen) atoms. The van der Waals surface area contributed by atoms with Crippen LogP contribution in [-0.2, 0) is 0 Å². The predicted molar refractivity (Wildman–Crippen MR) is 126 cm³/mol. The van der Waals surface area contributed by atoms with Crippen molar-refractivity contribution in [3.05, 3.63) is 53.6 Å². The summed E-state index contributed by atoms with van der Waals surface area (Å²) in [4.78, 5) is 30.3. The van der Waals surface area contributed by atoms with Crippen LogP contribution in [0.5, 0.6) is 5.75 Å². The Labute approximate surface area is 193 Å². The second-order valence-electron chi connectivity index (χ2n) is 9.05. The molecule has 0 fully saturated rings. The number of carbonyl (C=O) groups is 2. The quantitative estimate of drug-likeness (QED) is 0.657. The minimum absolute atomic E-state index is 0.0380. The van der Waals surface area contributed by atoms with Gasteiger partial charge in [0, 0.05) is 25.7 Å². The van der Waals surface area contributed by atoms with Crippen LogP contribution in [-0.4, -0.2) is 69.8 Å². The minimum atomic E-state index is -0.120. The third kappa shape index (κ3) is 5.16. The lowest BCUT2D eigenvalue weighted by Gasteiger charge is -2.34. The van der Waals surface area contributed by atoms with E-state index in [2.05, 4.69) is 29.3 Å². The monoisotopic (exact) mass is 449 g/mol. The first kappa shape index (κ1) is 22.8. The van der Waals surface area contributed by atoms with E-state index in [9.17, 15) is 9.59 Å². The first-order valence-electron chi connectivity index (χ1n) is 11.5. The lowest BCUT2D eigenvalue weighted by atomic mass is 10.0. The first-order valence-corrected chi connectivity index (χ1v) is 11.5. The average molecular weight is 450 g/mol. The normalized spacial score (nSPS) is 17.9. The SMILES string of the molecule is CC(C)C[C@H]1COc2ccccc2C(=O)N(C)CCCCN1C(=O)c1ccc2n[nH]nc2c1. The number of para-hydroxylation sites is 1. The second kappa shape index (κ2) is 10.0. The number of fused-ring (bicyclic) bond motifs is 2. The molecule has 0 unspecified atom stereocenters. The molecule has 0 spiro atoms. The van der Waals surface area contributed by atoms with Crippen molar-refractivity contribution in [3.8, 4) is 5.75 Å². The van der Waals surface area contributed by atoms with Gasteiger partial charge in [0.05, 0.1) is 11.6 Å². The van der Waals surface area contributed by atoms with Crippen LogP contribution in [0.3, 0.4) is 0 Å². The molecule has 0 bridgehead atoms. The zero-order chi connectivity index (χ0) is 23.4. The molecule has 2 heterocycles. The number of nitrogens with zero attached hydrogens (tertiary/aromatic N) is 4. The maximum atomic E-state index is 13.7. The second-order valence-corrected chi connectivity index (χ2v) is 9.05. The summed E-state index contributed by atoms with van der Waals surface area (Å²) in [5.41, 5.74) is 2.54. The van der Waals surface area contributed by atoms with Crippen molar-refractivity contribution in [1.29, 1.82) is 0 Å². The Balaban J connectivity index is 1.66. The van der Waals surface area contributed by atoms with Crippen molar-refractivity contribution in [3.63, 3.8) is 0 Å². The Bertz CT molecular complexity index is 1130. The van der Waals surface area contributed by atoms with E-state index in [0.29, 0.717) is 48.0 Å². The molecule has 8 nitrogen and oxygen atoms in total. The minimum Gasteiger partial charge on any atom is -0.491 e. The molecular weight excluding hydrogens is 418 g/mol. The van der Waals surface area contributed by atoms with Crippen molar-refractivity contribution < 1.29 is 14.3 Å². The van der Waals surface area contributed by atoms with Crippen molar-refractivity contribution >= 4 is 22.8 Å². The fourth-order valence-corrected chi connectivity index (χ4v) is 4.31. The number of aromatic amines is 1. The molecule has 1 atom stereocenters. The molecule has 1 aromatic heterocycles. The predicted octanol–water partition coefficient (Wildman–Crippen LogP) is 3.76. The van der Waals surface area contributed by atoms with Crippen LogP contribution in [0.15, 0.2) is 42.5 Å². The van der Waals surface area contributed by atoms with Crippen LogP contribution in [0.4, 0.5) is 0 Å². The Kier molecular flexibility index (Phi) is 6.91. The van der Waals surface area contributed by atoms with E-state index in [4.69, 9.17) is 4.74 Å². The number of nitrogens with one attached hydrogen (secondary N) is 1. The number of ether oxygens (including phenoxy) is 1. The molecule has 2 aromatic carbocycles. The standard InChI is InChI=1S/C25H31N5O3/c1-17(2)14-19-16-33-23-9-5-4-8-20(23)25(32)29(3)12-6-7-13-30(19)24(31)18-10-11-21-22(15-18)27-28-26-21/h4-5,8-11,15,17,19H,6-7,12-14,16H2,1-3H3,(H,26,27,28)/t19-/m0/s1. The highest BCUT2D eigenvalue weighted by molar-refractivity contribution is 5.98. The molecule has 0 saturated carbocycles. The fourth-order valence-electron chi connectivity index (χ4n) is 4.31. The fraction of sp³-hybridized carbons (Fsp3) is 0.440. The van der Waals surface area contributed by atoms with Gasteiger partial charge in [-0.05, 0) is 55.5 Å². The Morgan fingerprint density at radius 2 is 1.88 bits per heavy atom. The zero-order valence-electron chi connectivity index (χ0n) is 19.5. The molecule has 1 aliphatic heterocycles. The lowest BCUT2D eigenvalue weighted by molar-refractivity contribution is 0.0559. The van der Waals surface area contributed by atoms with E-state index in [1.165, 1.54) is 0 Å². The number of hydrogen-bond donors (Lipinski definition) is 1. The number of H-pyrrole nitrogens is 1. The maximum Gasteiger partial charge on any atom is 0.257 e. The van der Waals surface area contributed by atoms with Crippen LogP contribution >= 0.6 is 0 Å². The molecular formula is C25H31N5O3. The highest BCUT2D eigenvalue weighted by atomic mass is 16.5. The van der Waals surface area contributed by atoms with Crippen LogP contribution in [0.25, 0.3) is 11.0 Å². The molecule has 4 rings (SSSR count). The number of rotatable bonds is 3. The van der Waals surface area contributed by atoms with Gasteiger partial charge in [0.25, 0.3) is 11.8 Å². The largest absolute Gasteiger partial charge is 0.491 e. The van der Waals surface area contributed by atoms with Gasteiger partial charge in [0.1, 0.15) is 23.4 Å². The summed E-state index contributed by atoms with van der Waals surface area (Å²) in [6, 6.07) is 12.6. The molecule has 8 heteroatoms. The van der Waals surface area contributed by atoms with Gasteiger partial charge in [-0.25, -0.2) is 0 Å². The zero-order valence-corrected chi connectivity index (χ0v) is 19.5. The average Bonchev–Trinajstić information content (AvgIpc) is 3.28. The summed E-state index contributed by atoms with van der Waals surface area (Å²) in [7, 11) is 1.81. The number of amides is 2. The van der Waals surface area contributed by atoms with E-state index >= 15 is 0 Å². The van der Waals surface area contributed by atoms with Gasteiger partial charge < -0.3 is 14.5 Å². The summed E-state index contributed by atoms with van der Waals surface area (Å²) in [5.74, 6) is 0.854. The van der Waals surface area contributed by atoms with E-state index in [0.717, 1.165) is 24.8 Å². The lowest BCUT2D eigenvalue weighted by Crippen LogP contribution is -2.45. The Morgan fingerprint density at radius 3 is 2.70 bits per heavy atom. The topological polar surface area (TPSA) is 91.4 Å². The van der Waals surface area contributed by atoms with E-state index in [1.807, 2.05) is 36.2 Å². The third-order valence-corrected chi connectivity index (χ3v) is 6.05. The summed E-state index contributed by atoms with van der Waals surface area (Å²) in [6.07, 6.45) is 2.41. The summed E-state index contributed by atoms with van der Waals surface area (Å²) < 4.78 is 6.20. The molecule has 3 aromatic rings. The van der Waals surface area contributed by atoms with Crippen molar-refractivity contribution in [1.82, 2.24) is 25.2 Å². The molecule has 2 amide bonds. The van der Waals surface area contributed by atoms with Crippen molar-refractivity contribution in [2.45, 2.75) is 39.2 Å². The van der Waals surface area contributed by atoms with Gasteiger partial charge in [-0.1, -0.05) is 26.0 Å².